The van der Waals surface area contributed by atoms with Crippen molar-refractivity contribution in [1.29, 1.82) is 0 Å². The minimum absolute atomic E-state index is 0.0171. The summed E-state index contributed by atoms with van der Waals surface area (Å²) in [5, 5.41) is 17.6. The minimum atomic E-state index is -0.305. The van der Waals surface area contributed by atoms with Gasteiger partial charge in [-0.05, 0) is 56.9 Å². The molecule has 0 radical (unpaired) electrons. The zero-order chi connectivity index (χ0) is 17.9. The molecule has 0 aliphatic heterocycles. The van der Waals surface area contributed by atoms with Crippen LogP contribution in [0.15, 0.2) is 30.5 Å². The van der Waals surface area contributed by atoms with Gasteiger partial charge in [-0.25, -0.2) is 9.07 Å². The van der Waals surface area contributed by atoms with Crippen LogP contribution in [0.25, 0.3) is 5.69 Å². The molecule has 132 valence electrons. The molecular weight excluding hydrogens is 305 g/mol. The maximum atomic E-state index is 13.1. The van der Waals surface area contributed by atoms with Crippen molar-refractivity contribution in [2.24, 2.45) is 5.41 Å². The van der Waals surface area contributed by atoms with E-state index in [1.165, 1.54) is 12.1 Å². The lowest BCUT2D eigenvalue weighted by atomic mass is 9.86. The first-order chi connectivity index (χ1) is 11.2. The van der Waals surface area contributed by atoms with Crippen LogP contribution in [0.4, 0.5) is 4.39 Å². The third kappa shape index (κ3) is 4.65. The number of rotatable bonds is 7. The molecule has 2 N–H and O–H groups in total. The Morgan fingerprint density at radius 1 is 1.25 bits per heavy atom. The standard InChI is InChI=1S/C19H28FN3O/c1-13(24)10-19(4,5)12-21-14(2)18-11-22-23(15(18)3)17-8-6-16(20)7-9-17/h6-9,11,13-14,21,24H,10,12H2,1-5H3. The highest BCUT2D eigenvalue weighted by Crippen LogP contribution is 2.24. The second-order valence-electron chi connectivity index (χ2n) is 7.39. The molecule has 0 saturated carbocycles. The first-order valence-electron chi connectivity index (χ1n) is 8.41. The van der Waals surface area contributed by atoms with Crippen LogP contribution in [0.2, 0.25) is 0 Å². The van der Waals surface area contributed by atoms with Crippen molar-refractivity contribution in [3.05, 3.63) is 47.5 Å². The topological polar surface area (TPSA) is 50.1 Å². The molecule has 0 amide bonds. The lowest BCUT2D eigenvalue weighted by Gasteiger charge is -2.28. The zero-order valence-corrected chi connectivity index (χ0v) is 15.2. The normalized spacial score (nSPS) is 14.6. The lowest BCUT2D eigenvalue weighted by Crippen LogP contribution is -2.33. The summed E-state index contributed by atoms with van der Waals surface area (Å²) in [6.07, 6.45) is 2.30. The van der Waals surface area contributed by atoms with Crippen molar-refractivity contribution in [3.63, 3.8) is 0 Å². The smallest absolute Gasteiger partial charge is 0.123 e. The van der Waals surface area contributed by atoms with E-state index in [9.17, 15) is 9.50 Å². The average Bonchev–Trinajstić information content (AvgIpc) is 2.86. The van der Waals surface area contributed by atoms with Gasteiger partial charge in [-0.2, -0.15) is 5.10 Å². The van der Waals surface area contributed by atoms with Crippen molar-refractivity contribution in [2.75, 3.05) is 6.54 Å². The van der Waals surface area contributed by atoms with Gasteiger partial charge in [0, 0.05) is 23.8 Å². The fourth-order valence-corrected chi connectivity index (χ4v) is 3.10. The Balaban J connectivity index is 2.08. The van der Waals surface area contributed by atoms with Gasteiger partial charge in [0.2, 0.25) is 0 Å². The van der Waals surface area contributed by atoms with Crippen LogP contribution in [0.3, 0.4) is 0 Å². The molecule has 2 atom stereocenters. The molecule has 1 aromatic heterocycles. The Morgan fingerprint density at radius 3 is 2.46 bits per heavy atom. The highest BCUT2D eigenvalue weighted by Gasteiger charge is 2.22. The van der Waals surface area contributed by atoms with Crippen molar-refractivity contribution >= 4 is 0 Å². The van der Waals surface area contributed by atoms with E-state index in [1.54, 1.807) is 12.1 Å². The Labute approximate surface area is 143 Å². The summed E-state index contributed by atoms with van der Waals surface area (Å²) < 4.78 is 14.9. The molecule has 0 aliphatic rings. The fourth-order valence-electron chi connectivity index (χ4n) is 3.10. The van der Waals surface area contributed by atoms with Gasteiger partial charge in [0.25, 0.3) is 0 Å². The zero-order valence-electron chi connectivity index (χ0n) is 15.2. The third-order valence-corrected chi connectivity index (χ3v) is 4.32. The Kier molecular flexibility index (Phi) is 5.78. The third-order valence-electron chi connectivity index (χ3n) is 4.32. The first-order valence-corrected chi connectivity index (χ1v) is 8.41. The van der Waals surface area contributed by atoms with Crippen LogP contribution in [-0.2, 0) is 0 Å². The second-order valence-corrected chi connectivity index (χ2v) is 7.39. The molecule has 24 heavy (non-hydrogen) atoms. The number of benzene rings is 1. The van der Waals surface area contributed by atoms with Crippen LogP contribution < -0.4 is 5.32 Å². The summed E-state index contributed by atoms with van der Waals surface area (Å²) >= 11 is 0. The van der Waals surface area contributed by atoms with Gasteiger partial charge in [0.15, 0.2) is 0 Å². The maximum absolute atomic E-state index is 13.1. The molecule has 2 aromatic rings. The number of nitrogens with one attached hydrogen (secondary N) is 1. The Hall–Kier alpha value is -1.72. The van der Waals surface area contributed by atoms with Gasteiger partial charge in [0.05, 0.1) is 18.0 Å². The number of nitrogens with zero attached hydrogens (tertiary/aromatic N) is 2. The summed E-state index contributed by atoms with van der Waals surface area (Å²) in [6.45, 7) is 11.0. The van der Waals surface area contributed by atoms with Crippen molar-refractivity contribution < 1.29 is 9.50 Å². The van der Waals surface area contributed by atoms with E-state index in [1.807, 2.05) is 24.7 Å². The molecule has 5 heteroatoms. The molecular formula is C19H28FN3O. The van der Waals surface area contributed by atoms with Gasteiger partial charge < -0.3 is 10.4 Å². The molecule has 0 saturated heterocycles. The van der Waals surface area contributed by atoms with E-state index in [2.05, 4.69) is 31.2 Å². The van der Waals surface area contributed by atoms with E-state index < -0.39 is 0 Å². The quantitative estimate of drug-likeness (QED) is 0.811. The summed E-state index contributed by atoms with van der Waals surface area (Å²) in [6, 6.07) is 6.48. The van der Waals surface area contributed by atoms with E-state index in [-0.39, 0.29) is 23.4 Å². The predicted molar refractivity (Wildman–Crippen MR) is 94.8 cm³/mol. The first kappa shape index (κ1) is 18.6. The molecule has 0 spiro atoms. The van der Waals surface area contributed by atoms with Crippen LogP contribution in [0.1, 0.15) is 51.4 Å². The highest BCUT2D eigenvalue weighted by atomic mass is 19.1. The van der Waals surface area contributed by atoms with Crippen molar-refractivity contribution in [1.82, 2.24) is 15.1 Å². The van der Waals surface area contributed by atoms with E-state index in [4.69, 9.17) is 0 Å². The number of hydrogen-bond acceptors (Lipinski definition) is 3. The summed E-state index contributed by atoms with van der Waals surface area (Å²) in [5.74, 6) is -0.251. The van der Waals surface area contributed by atoms with E-state index in [0.717, 1.165) is 29.9 Å². The Morgan fingerprint density at radius 2 is 1.88 bits per heavy atom. The van der Waals surface area contributed by atoms with E-state index in [0.29, 0.717) is 0 Å². The predicted octanol–water partition coefficient (Wildman–Crippen LogP) is 3.77. The molecule has 0 bridgehead atoms. The van der Waals surface area contributed by atoms with Gasteiger partial charge in [-0.1, -0.05) is 13.8 Å². The number of aliphatic hydroxyl groups excluding tert-OH is 1. The van der Waals surface area contributed by atoms with Crippen LogP contribution in [0.5, 0.6) is 0 Å². The summed E-state index contributed by atoms with van der Waals surface area (Å²) in [7, 11) is 0. The fraction of sp³-hybridized carbons (Fsp3) is 0.526. The molecule has 2 unspecified atom stereocenters. The maximum Gasteiger partial charge on any atom is 0.123 e. The number of aliphatic hydroxyl groups is 1. The number of halogens is 1. The van der Waals surface area contributed by atoms with Crippen LogP contribution in [0, 0.1) is 18.2 Å². The highest BCUT2D eigenvalue weighted by molar-refractivity contribution is 5.35. The minimum Gasteiger partial charge on any atom is -0.393 e. The van der Waals surface area contributed by atoms with Gasteiger partial charge >= 0.3 is 0 Å². The number of aromatic nitrogens is 2. The van der Waals surface area contributed by atoms with Crippen LogP contribution >= 0.6 is 0 Å². The lowest BCUT2D eigenvalue weighted by molar-refractivity contribution is 0.127. The summed E-state index contributed by atoms with van der Waals surface area (Å²) in [4.78, 5) is 0. The van der Waals surface area contributed by atoms with Crippen LogP contribution in [-0.4, -0.2) is 27.5 Å². The number of hydrogen-bond donors (Lipinski definition) is 2. The largest absolute Gasteiger partial charge is 0.393 e. The van der Waals surface area contributed by atoms with Crippen molar-refractivity contribution in [3.8, 4) is 5.69 Å². The molecule has 1 heterocycles. The molecule has 0 fully saturated rings. The molecule has 0 aliphatic carbocycles. The molecule has 4 nitrogen and oxygen atoms in total. The van der Waals surface area contributed by atoms with Gasteiger partial charge in [0.1, 0.15) is 5.82 Å². The SMILES string of the molecule is Cc1c(C(C)NCC(C)(C)CC(C)O)cnn1-c1ccc(F)cc1. The summed E-state index contributed by atoms with van der Waals surface area (Å²) in [5.41, 5.74) is 3.02. The van der Waals surface area contributed by atoms with Gasteiger partial charge in [-0.3, -0.25) is 0 Å². The molecule has 1 aromatic carbocycles. The molecule has 2 rings (SSSR count). The van der Waals surface area contributed by atoms with Gasteiger partial charge in [-0.15, -0.1) is 0 Å². The van der Waals surface area contributed by atoms with Crippen molar-refractivity contribution in [2.45, 2.75) is 53.2 Å². The average molecular weight is 333 g/mol. The second kappa shape index (κ2) is 7.45. The monoisotopic (exact) mass is 333 g/mol. The Bertz CT molecular complexity index is 662. The van der Waals surface area contributed by atoms with E-state index >= 15 is 0 Å².